The molecule has 0 aliphatic carbocycles. The Bertz CT molecular complexity index is 94.5. The van der Waals surface area contributed by atoms with Gasteiger partial charge in [0, 0.05) is 16.8 Å². The zero-order chi connectivity index (χ0) is 3.07. The third-order valence-corrected chi connectivity index (χ3v) is 71.5. The SMILES string of the molecule is P1P2P3P[P+]123.[Co]. The molecule has 35 valence electrons. The zero-order valence-corrected chi connectivity index (χ0v) is 8.40. The summed E-state index contributed by atoms with van der Waals surface area (Å²) in [7, 11) is 3.30. The van der Waals surface area contributed by atoms with E-state index in [0.717, 1.165) is 14.0 Å². The van der Waals surface area contributed by atoms with Crippen molar-refractivity contribution in [2.24, 2.45) is 0 Å². The second-order valence-electron chi connectivity index (χ2n) is 1.38. The van der Waals surface area contributed by atoms with Gasteiger partial charge in [0.1, 0.15) is 21.9 Å². The van der Waals surface area contributed by atoms with E-state index in [9.17, 15) is 0 Å². The van der Waals surface area contributed by atoms with Crippen LogP contribution in [0.15, 0.2) is 0 Å². The summed E-state index contributed by atoms with van der Waals surface area (Å²) in [4.78, 5) is 0. The van der Waals surface area contributed by atoms with Gasteiger partial charge in [-0.1, -0.05) is 0 Å². The molecule has 3 fully saturated rings. The minimum Gasteiger partial charge on any atom is 0 e. The molecule has 3 aliphatic rings. The van der Waals surface area contributed by atoms with Gasteiger partial charge in [0.25, 0.3) is 0 Å². The molecule has 0 aromatic rings. The molecule has 0 nitrogen and oxygen atoms in total. The minimum atomic E-state index is 0. The maximum absolute atomic E-state index is 1.65. The molecule has 0 saturated carbocycles. The van der Waals surface area contributed by atoms with Crippen LogP contribution < -0.4 is 0 Å². The van der Waals surface area contributed by atoms with Crippen LogP contribution in [0.25, 0.3) is 0 Å². The maximum Gasteiger partial charge on any atom is 0.197 e. The third-order valence-electron chi connectivity index (χ3n) is 1.08. The van der Waals surface area contributed by atoms with Gasteiger partial charge in [0.15, 0.2) is 14.0 Å². The molecule has 0 amide bonds. The van der Waals surface area contributed by atoms with E-state index in [1.54, 1.807) is 15.9 Å². The molecule has 3 heterocycles. The van der Waals surface area contributed by atoms with E-state index >= 15 is 0 Å². The van der Waals surface area contributed by atoms with Gasteiger partial charge in [-0.2, -0.15) is 0 Å². The monoisotopic (exact) mass is 216 g/mol. The molecule has 3 rings (SSSR count). The average molecular weight is 216 g/mol. The Morgan fingerprint density at radius 3 is 1.50 bits per heavy atom. The van der Waals surface area contributed by atoms with Crippen molar-refractivity contribution < 1.29 is 16.8 Å². The van der Waals surface area contributed by atoms with Gasteiger partial charge in [-0.15, -0.1) is 0 Å². The zero-order valence-electron chi connectivity index (χ0n) is 2.67. The van der Waals surface area contributed by atoms with Crippen LogP contribution in [0.2, 0.25) is 0 Å². The van der Waals surface area contributed by atoms with Crippen LogP contribution in [-0.2, 0) is 16.8 Å². The quantitative estimate of drug-likeness (QED) is 0.540. The molecular formula is H2CoP5+. The second kappa shape index (κ2) is 1.22. The molecule has 3 saturated heterocycles. The summed E-state index contributed by atoms with van der Waals surface area (Å²) in [6.45, 7) is 2.06. The van der Waals surface area contributed by atoms with E-state index in [4.69, 9.17) is 0 Å². The first-order valence-corrected chi connectivity index (χ1v) is 13.4. The van der Waals surface area contributed by atoms with Gasteiger partial charge in [-0.25, -0.2) is 0 Å². The van der Waals surface area contributed by atoms with Crippen LogP contribution in [0.5, 0.6) is 0 Å². The smallest absolute Gasteiger partial charge is 0 e. The summed E-state index contributed by atoms with van der Waals surface area (Å²) in [5.41, 5.74) is 0. The molecule has 1 spiro atoms. The van der Waals surface area contributed by atoms with Gasteiger partial charge < -0.3 is 0 Å². The molecule has 0 aromatic heterocycles. The Kier molecular flexibility index (Phi) is 1.11. The van der Waals surface area contributed by atoms with Crippen LogP contribution in [0.3, 0.4) is 0 Å². The van der Waals surface area contributed by atoms with E-state index in [1.807, 2.05) is 0 Å². The van der Waals surface area contributed by atoms with E-state index in [2.05, 4.69) is 0 Å². The summed E-state index contributed by atoms with van der Waals surface area (Å²) in [6.07, 6.45) is 0. The van der Waals surface area contributed by atoms with Gasteiger partial charge in [0.05, 0.1) is 0 Å². The Hall–Kier alpha value is 2.66. The van der Waals surface area contributed by atoms with E-state index in [-0.39, 0.29) is 16.8 Å². The molecule has 4 unspecified atom stereocenters. The van der Waals surface area contributed by atoms with Gasteiger partial charge in [-0.05, 0) is 0 Å². The van der Waals surface area contributed by atoms with Crippen molar-refractivity contribution in [1.82, 2.24) is 0 Å². The summed E-state index contributed by atoms with van der Waals surface area (Å²) in [5, 5.41) is 0. The fourth-order valence-corrected chi connectivity index (χ4v) is 111. The Morgan fingerprint density at radius 2 is 1.50 bits per heavy atom. The first-order valence-electron chi connectivity index (χ1n) is 1.49. The average Bonchev–Trinajstić information content (AvgIpc) is 2.04. The van der Waals surface area contributed by atoms with E-state index in [0.29, 0.717) is 6.02 Å². The Balaban J connectivity index is 0.000000163. The third kappa shape index (κ3) is 0.415. The first-order chi connectivity index (χ1) is 2.43. The summed E-state index contributed by atoms with van der Waals surface area (Å²) in [6, 6.07) is 0.380. The van der Waals surface area contributed by atoms with Crippen LogP contribution in [0.1, 0.15) is 0 Å². The number of fused-ring (bicyclic) bond motifs is 1. The fraction of sp³-hybridized carbons (Fsp3) is 0. The standard InChI is InChI=1S/Co.H2P5/c;1-3-4-2-5(1,3)4/h;1-2H/q;+1. The van der Waals surface area contributed by atoms with Crippen molar-refractivity contribution in [2.45, 2.75) is 0 Å². The molecule has 0 bridgehead atoms. The van der Waals surface area contributed by atoms with Crippen LogP contribution in [-0.4, -0.2) is 0 Å². The fourth-order valence-electron chi connectivity index (χ4n) is 0.518. The largest absolute Gasteiger partial charge is 0.197 e. The second-order valence-corrected chi connectivity index (χ2v) is 37.3. The number of hydrogen-bond donors (Lipinski definition) is 0. The summed E-state index contributed by atoms with van der Waals surface area (Å²) >= 11 is 0. The molecule has 0 aromatic carbocycles. The van der Waals surface area contributed by atoms with E-state index < -0.39 is 0 Å². The van der Waals surface area contributed by atoms with Gasteiger partial charge in [-0.3, -0.25) is 0 Å². The molecular weight excluding hydrogens is 214 g/mol. The van der Waals surface area contributed by atoms with Crippen molar-refractivity contribution >= 4 is 35.9 Å². The predicted octanol–water partition coefficient (Wildman–Crippen LogP) is 3.77. The minimum absolute atomic E-state index is 0. The van der Waals surface area contributed by atoms with Crippen molar-refractivity contribution in [3.63, 3.8) is 0 Å². The predicted molar refractivity (Wildman–Crippen MR) is 37.4 cm³/mol. The number of rotatable bonds is 0. The van der Waals surface area contributed by atoms with Crippen molar-refractivity contribution in [1.29, 1.82) is 0 Å². The first kappa shape index (κ1) is 5.44. The molecule has 6 heavy (non-hydrogen) atoms. The van der Waals surface area contributed by atoms with E-state index in [1.165, 1.54) is 0 Å². The maximum atomic E-state index is 1.65. The van der Waals surface area contributed by atoms with Crippen molar-refractivity contribution in [3.8, 4) is 0 Å². The van der Waals surface area contributed by atoms with Crippen molar-refractivity contribution in [3.05, 3.63) is 0 Å². The summed E-state index contributed by atoms with van der Waals surface area (Å²) in [5.74, 6) is 0. The topological polar surface area (TPSA) is 0 Å². The Labute approximate surface area is 52.9 Å². The summed E-state index contributed by atoms with van der Waals surface area (Å²) < 4.78 is 0. The van der Waals surface area contributed by atoms with Crippen molar-refractivity contribution in [2.75, 3.05) is 0 Å². The molecule has 0 N–H and O–H groups in total. The number of hydrogen-bond acceptors (Lipinski definition) is 0. The van der Waals surface area contributed by atoms with Gasteiger partial charge >= 0.3 is 0 Å². The van der Waals surface area contributed by atoms with Crippen LogP contribution in [0, 0.1) is 0 Å². The molecule has 4 atom stereocenters. The van der Waals surface area contributed by atoms with Gasteiger partial charge in [0.2, 0.25) is 0 Å². The molecule has 3 aliphatic heterocycles. The van der Waals surface area contributed by atoms with Crippen LogP contribution in [0.4, 0.5) is 0 Å². The molecule has 6 heteroatoms. The Morgan fingerprint density at radius 1 is 1.17 bits per heavy atom. The normalized spacial score (nSPS) is 84.0. The molecule has 1 radical (unpaired) electrons. The van der Waals surface area contributed by atoms with Crippen LogP contribution >= 0.6 is 35.9 Å².